The summed E-state index contributed by atoms with van der Waals surface area (Å²) < 4.78 is 10.2. The number of carbonyl (C=O) groups is 3. The number of nitrogens with two attached hydrogens (primary N) is 1. The van der Waals surface area contributed by atoms with Crippen molar-refractivity contribution in [3.8, 4) is 5.75 Å². The summed E-state index contributed by atoms with van der Waals surface area (Å²) in [5.41, 5.74) is 6.50. The molecular formula is C17H22N2O5. The summed E-state index contributed by atoms with van der Waals surface area (Å²) in [4.78, 5) is 36.8. The summed E-state index contributed by atoms with van der Waals surface area (Å²) in [6, 6.07) is 4.97. The number of carbonyl (C=O) groups excluding carboxylic acids is 3. The molecule has 7 nitrogen and oxygen atoms in total. The van der Waals surface area contributed by atoms with Gasteiger partial charge in [-0.05, 0) is 37.5 Å². The fourth-order valence-corrected chi connectivity index (χ4v) is 2.66. The van der Waals surface area contributed by atoms with Gasteiger partial charge in [0.25, 0.3) is 5.91 Å². The third kappa shape index (κ3) is 4.24. The van der Waals surface area contributed by atoms with E-state index >= 15 is 0 Å². The van der Waals surface area contributed by atoms with Crippen LogP contribution in [0.15, 0.2) is 18.2 Å². The van der Waals surface area contributed by atoms with E-state index < -0.39 is 5.97 Å². The number of esters is 1. The lowest BCUT2D eigenvalue weighted by atomic mass is 9.96. The first-order valence-electron chi connectivity index (χ1n) is 7.81. The van der Waals surface area contributed by atoms with E-state index in [1.165, 1.54) is 7.11 Å². The second-order valence-corrected chi connectivity index (χ2v) is 5.82. The van der Waals surface area contributed by atoms with Crippen LogP contribution in [0.4, 0.5) is 0 Å². The molecule has 1 heterocycles. The van der Waals surface area contributed by atoms with Crippen LogP contribution in [0.2, 0.25) is 0 Å². The molecule has 0 saturated carbocycles. The lowest BCUT2D eigenvalue weighted by molar-refractivity contribution is -0.137. The molecule has 1 fully saturated rings. The average Bonchev–Trinajstić information content (AvgIpc) is 2.59. The highest BCUT2D eigenvalue weighted by Crippen LogP contribution is 2.20. The molecule has 1 aromatic rings. The lowest BCUT2D eigenvalue weighted by Crippen LogP contribution is -2.43. The van der Waals surface area contributed by atoms with Gasteiger partial charge in [-0.25, -0.2) is 4.79 Å². The predicted molar refractivity (Wildman–Crippen MR) is 86.5 cm³/mol. The van der Waals surface area contributed by atoms with Crippen LogP contribution < -0.4 is 10.5 Å². The Labute approximate surface area is 140 Å². The number of piperidine rings is 1. The molecule has 0 aliphatic carbocycles. The predicted octanol–water partition coefficient (Wildman–Crippen LogP) is 0.884. The van der Waals surface area contributed by atoms with Gasteiger partial charge in [-0.2, -0.15) is 0 Å². The van der Waals surface area contributed by atoms with Crippen LogP contribution in [0.25, 0.3) is 0 Å². The van der Waals surface area contributed by atoms with Crippen molar-refractivity contribution < 1.29 is 23.9 Å². The van der Waals surface area contributed by atoms with E-state index in [1.807, 2.05) is 6.92 Å². The van der Waals surface area contributed by atoms with Crippen LogP contribution >= 0.6 is 0 Å². The van der Waals surface area contributed by atoms with Crippen molar-refractivity contribution in [2.24, 2.45) is 11.7 Å². The Balaban J connectivity index is 1.86. The van der Waals surface area contributed by atoms with Crippen LogP contribution in [0, 0.1) is 12.8 Å². The number of amides is 2. The molecule has 7 heteroatoms. The maximum absolute atomic E-state index is 12.1. The zero-order chi connectivity index (χ0) is 17.7. The first-order chi connectivity index (χ1) is 11.4. The summed E-state index contributed by atoms with van der Waals surface area (Å²) in [6.07, 6.45) is 1.09. The standard InChI is InChI=1S/C17H22N2O5/c1-11-3-4-13(9-14(11)23-2)17(22)24-10-15(20)19-7-5-12(6-8-19)16(18)21/h3-4,9,12H,5-8,10H2,1-2H3,(H2,18,21). The van der Waals surface area contributed by atoms with Gasteiger partial charge in [-0.3, -0.25) is 9.59 Å². The quantitative estimate of drug-likeness (QED) is 0.806. The minimum atomic E-state index is -0.575. The van der Waals surface area contributed by atoms with E-state index in [-0.39, 0.29) is 24.3 Å². The van der Waals surface area contributed by atoms with E-state index in [0.29, 0.717) is 37.2 Å². The van der Waals surface area contributed by atoms with Crippen molar-refractivity contribution in [1.29, 1.82) is 0 Å². The number of benzene rings is 1. The normalized spacial score (nSPS) is 15.0. The fraction of sp³-hybridized carbons (Fsp3) is 0.471. The first-order valence-corrected chi connectivity index (χ1v) is 7.81. The van der Waals surface area contributed by atoms with Gasteiger partial charge in [0.2, 0.25) is 5.91 Å². The maximum atomic E-state index is 12.1. The first kappa shape index (κ1) is 17.8. The number of hydrogen-bond donors (Lipinski definition) is 1. The summed E-state index contributed by atoms with van der Waals surface area (Å²) in [6.45, 7) is 2.44. The molecule has 0 aromatic heterocycles. The van der Waals surface area contributed by atoms with E-state index in [0.717, 1.165) is 5.56 Å². The van der Waals surface area contributed by atoms with Crippen LogP contribution in [0.5, 0.6) is 5.75 Å². The maximum Gasteiger partial charge on any atom is 0.338 e. The van der Waals surface area contributed by atoms with Crippen molar-refractivity contribution >= 4 is 17.8 Å². The highest BCUT2D eigenvalue weighted by Gasteiger charge is 2.26. The SMILES string of the molecule is COc1cc(C(=O)OCC(=O)N2CCC(C(N)=O)CC2)ccc1C. The summed E-state index contributed by atoms with van der Waals surface area (Å²) >= 11 is 0. The molecule has 2 rings (SSSR count). The Morgan fingerprint density at radius 3 is 2.50 bits per heavy atom. The molecule has 24 heavy (non-hydrogen) atoms. The van der Waals surface area contributed by atoms with Crippen molar-refractivity contribution in [3.05, 3.63) is 29.3 Å². The van der Waals surface area contributed by atoms with Gasteiger partial charge in [0, 0.05) is 19.0 Å². The molecule has 1 saturated heterocycles. The van der Waals surface area contributed by atoms with E-state index in [4.69, 9.17) is 15.2 Å². The van der Waals surface area contributed by atoms with Gasteiger partial charge in [-0.15, -0.1) is 0 Å². The molecule has 0 radical (unpaired) electrons. The molecule has 0 unspecified atom stereocenters. The van der Waals surface area contributed by atoms with Crippen LogP contribution in [0.1, 0.15) is 28.8 Å². The zero-order valence-corrected chi connectivity index (χ0v) is 13.9. The summed E-state index contributed by atoms with van der Waals surface area (Å²) in [5, 5.41) is 0. The number of aryl methyl sites for hydroxylation is 1. The molecule has 0 bridgehead atoms. The number of hydrogen-bond acceptors (Lipinski definition) is 5. The number of nitrogens with zero attached hydrogens (tertiary/aromatic N) is 1. The molecule has 2 amide bonds. The topological polar surface area (TPSA) is 98.9 Å². The number of rotatable bonds is 5. The Morgan fingerprint density at radius 1 is 1.25 bits per heavy atom. The van der Waals surface area contributed by atoms with Gasteiger partial charge >= 0.3 is 5.97 Å². The monoisotopic (exact) mass is 334 g/mol. The van der Waals surface area contributed by atoms with E-state index in [9.17, 15) is 14.4 Å². The third-order valence-corrected chi connectivity index (χ3v) is 4.22. The van der Waals surface area contributed by atoms with Crippen molar-refractivity contribution in [3.63, 3.8) is 0 Å². The summed E-state index contributed by atoms with van der Waals surface area (Å²) in [5.74, 6) is -0.776. The molecule has 1 aromatic carbocycles. The molecule has 2 N–H and O–H groups in total. The number of likely N-dealkylation sites (tertiary alicyclic amines) is 1. The zero-order valence-electron chi connectivity index (χ0n) is 13.9. The van der Waals surface area contributed by atoms with Gasteiger partial charge in [0.15, 0.2) is 6.61 Å². The van der Waals surface area contributed by atoms with Crippen LogP contribution in [-0.4, -0.2) is 49.5 Å². The second kappa shape index (κ2) is 7.81. The summed E-state index contributed by atoms with van der Waals surface area (Å²) in [7, 11) is 1.52. The fourth-order valence-electron chi connectivity index (χ4n) is 2.66. The van der Waals surface area contributed by atoms with Gasteiger partial charge in [0.1, 0.15) is 5.75 Å². The minimum absolute atomic E-state index is 0.184. The Kier molecular flexibility index (Phi) is 5.78. The lowest BCUT2D eigenvalue weighted by Gasteiger charge is -2.30. The van der Waals surface area contributed by atoms with Gasteiger partial charge in [-0.1, -0.05) is 6.07 Å². The number of primary amides is 1. The van der Waals surface area contributed by atoms with Crippen molar-refractivity contribution in [2.45, 2.75) is 19.8 Å². The average molecular weight is 334 g/mol. The van der Waals surface area contributed by atoms with Crippen LogP contribution in [0.3, 0.4) is 0 Å². The molecule has 1 aliphatic rings. The smallest absolute Gasteiger partial charge is 0.338 e. The molecule has 1 aliphatic heterocycles. The van der Waals surface area contributed by atoms with Crippen molar-refractivity contribution in [1.82, 2.24) is 4.90 Å². The Hall–Kier alpha value is -2.57. The number of methoxy groups -OCH3 is 1. The second-order valence-electron chi connectivity index (χ2n) is 5.82. The Bertz CT molecular complexity index is 636. The third-order valence-electron chi connectivity index (χ3n) is 4.22. The minimum Gasteiger partial charge on any atom is -0.496 e. The molecule has 0 spiro atoms. The highest BCUT2D eigenvalue weighted by atomic mass is 16.5. The van der Waals surface area contributed by atoms with Gasteiger partial charge in [0.05, 0.1) is 12.7 Å². The van der Waals surface area contributed by atoms with Crippen LogP contribution in [-0.2, 0) is 14.3 Å². The van der Waals surface area contributed by atoms with E-state index in [2.05, 4.69) is 0 Å². The molecular weight excluding hydrogens is 312 g/mol. The van der Waals surface area contributed by atoms with Crippen molar-refractivity contribution in [2.75, 3.05) is 26.8 Å². The van der Waals surface area contributed by atoms with Gasteiger partial charge < -0.3 is 20.1 Å². The molecule has 130 valence electrons. The van der Waals surface area contributed by atoms with E-state index in [1.54, 1.807) is 23.1 Å². The largest absolute Gasteiger partial charge is 0.496 e. The highest BCUT2D eigenvalue weighted by molar-refractivity contribution is 5.92. The Morgan fingerprint density at radius 2 is 1.92 bits per heavy atom. The number of ether oxygens (including phenoxy) is 2. The molecule has 0 atom stereocenters.